The molecule has 2 heterocycles. The van der Waals surface area contributed by atoms with E-state index in [9.17, 15) is 0 Å². The molecule has 2 aromatic heterocycles. The van der Waals surface area contributed by atoms with Gasteiger partial charge in [0.25, 0.3) is 0 Å². The summed E-state index contributed by atoms with van der Waals surface area (Å²) in [5.41, 5.74) is 1.29. The molecule has 90 valence electrons. The third kappa shape index (κ3) is 2.53. The highest BCUT2D eigenvalue weighted by Crippen LogP contribution is 2.40. The highest BCUT2D eigenvalue weighted by Gasteiger charge is 2.26. The minimum atomic E-state index is 0.306. The molecule has 1 fully saturated rings. The first-order valence-corrected chi connectivity index (χ1v) is 7.12. The third-order valence-electron chi connectivity index (χ3n) is 3.06. The van der Waals surface area contributed by atoms with Gasteiger partial charge in [-0.25, -0.2) is 4.98 Å². The Balaban J connectivity index is 1.68. The van der Waals surface area contributed by atoms with Crippen molar-refractivity contribution in [2.75, 3.05) is 0 Å². The maximum absolute atomic E-state index is 5.87. The zero-order valence-electron chi connectivity index (χ0n) is 9.64. The second kappa shape index (κ2) is 4.42. The van der Waals surface area contributed by atoms with Crippen LogP contribution in [0.25, 0.3) is 0 Å². The van der Waals surface area contributed by atoms with E-state index in [1.807, 2.05) is 10.9 Å². The zero-order chi connectivity index (χ0) is 11.8. The lowest BCUT2D eigenvalue weighted by Crippen LogP contribution is -2.08. The van der Waals surface area contributed by atoms with Gasteiger partial charge in [-0.3, -0.25) is 4.68 Å². The second-order valence-electron chi connectivity index (χ2n) is 4.63. The average Bonchev–Trinajstić information content (AvgIpc) is 2.90. The van der Waals surface area contributed by atoms with E-state index in [1.54, 1.807) is 17.5 Å². The van der Waals surface area contributed by atoms with Crippen LogP contribution in [-0.4, -0.2) is 14.8 Å². The molecular formula is C12H14ClN3S. The first kappa shape index (κ1) is 11.2. The summed E-state index contributed by atoms with van der Waals surface area (Å²) in [5, 5.41) is 8.32. The van der Waals surface area contributed by atoms with Crippen molar-refractivity contribution in [1.82, 2.24) is 14.8 Å². The fraction of sp³-hybridized carbons (Fsp3) is 0.500. The average molecular weight is 268 g/mol. The van der Waals surface area contributed by atoms with Gasteiger partial charge in [0.05, 0.1) is 28.0 Å². The molecule has 0 aromatic carbocycles. The van der Waals surface area contributed by atoms with Crippen LogP contribution in [-0.2, 0) is 6.42 Å². The van der Waals surface area contributed by atoms with E-state index in [0.717, 1.165) is 12.3 Å². The number of rotatable bonds is 4. The smallest absolute Gasteiger partial charge is 0.0949 e. The van der Waals surface area contributed by atoms with E-state index >= 15 is 0 Å². The van der Waals surface area contributed by atoms with Crippen molar-refractivity contribution in [1.29, 1.82) is 0 Å². The number of aromatic nitrogens is 3. The van der Waals surface area contributed by atoms with Crippen LogP contribution in [0.5, 0.6) is 0 Å². The molecule has 0 bridgehead atoms. The number of hydrogen-bond acceptors (Lipinski definition) is 3. The highest BCUT2D eigenvalue weighted by atomic mass is 35.5. The number of hydrogen-bond donors (Lipinski definition) is 0. The van der Waals surface area contributed by atoms with Gasteiger partial charge >= 0.3 is 0 Å². The molecule has 2 aromatic rings. The molecule has 0 amide bonds. The van der Waals surface area contributed by atoms with Gasteiger partial charge in [0, 0.05) is 23.9 Å². The van der Waals surface area contributed by atoms with E-state index < -0.39 is 0 Å². The van der Waals surface area contributed by atoms with Crippen molar-refractivity contribution < 1.29 is 0 Å². The SMILES string of the molecule is C[C@@H](Cc1nc(C2CC2)cs1)n1cc(Cl)cn1. The molecule has 1 saturated carbocycles. The normalized spacial score (nSPS) is 17.3. The van der Waals surface area contributed by atoms with E-state index in [-0.39, 0.29) is 0 Å². The van der Waals surface area contributed by atoms with E-state index in [4.69, 9.17) is 11.6 Å². The standard InChI is InChI=1S/C12H14ClN3S/c1-8(16-6-10(13)5-14-16)4-12-15-11(7-17-12)9-2-3-9/h5-9H,2-4H2,1H3/t8-/m0/s1. The monoisotopic (exact) mass is 267 g/mol. The number of thiazole rings is 1. The molecule has 17 heavy (non-hydrogen) atoms. The van der Waals surface area contributed by atoms with Crippen molar-refractivity contribution >= 4 is 22.9 Å². The summed E-state index contributed by atoms with van der Waals surface area (Å²) < 4.78 is 1.90. The van der Waals surface area contributed by atoms with Crippen LogP contribution in [0.3, 0.4) is 0 Å². The van der Waals surface area contributed by atoms with Crippen molar-refractivity contribution in [2.45, 2.75) is 38.1 Å². The predicted molar refractivity (Wildman–Crippen MR) is 69.7 cm³/mol. The van der Waals surface area contributed by atoms with Gasteiger partial charge in [0.15, 0.2) is 0 Å². The molecule has 0 radical (unpaired) electrons. The Kier molecular flexibility index (Phi) is 2.92. The molecule has 5 heteroatoms. The summed E-state index contributed by atoms with van der Waals surface area (Å²) in [4.78, 5) is 4.69. The summed E-state index contributed by atoms with van der Waals surface area (Å²) in [6.07, 6.45) is 7.09. The van der Waals surface area contributed by atoms with Crippen LogP contribution < -0.4 is 0 Å². The van der Waals surface area contributed by atoms with Crippen molar-refractivity contribution in [3.8, 4) is 0 Å². The quantitative estimate of drug-likeness (QED) is 0.846. The van der Waals surface area contributed by atoms with Crippen molar-refractivity contribution in [3.63, 3.8) is 0 Å². The Morgan fingerprint density at radius 3 is 3.06 bits per heavy atom. The molecule has 3 rings (SSSR count). The summed E-state index contributed by atoms with van der Waals surface area (Å²) in [7, 11) is 0. The van der Waals surface area contributed by atoms with Crippen LogP contribution in [0.4, 0.5) is 0 Å². The van der Waals surface area contributed by atoms with Crippen LogP contribution in [0.2, 0.25) is 5.02 Å². The fourth-order valence-corrected chi connectivity index (χ4v) is 3.03. The lowest BCUT2D eigenvalue weighted by molar-refractivity contribution is 0.487. The van der Waals surface area contributed by atoms with Gasteiger partial charge in [-0.15, -0.1) is 11.3 Å². The van der Waals surface area contributed by atoms with E-state index in [1.165, 1.54) is 23.5 Å². The van der Waals surface area contributed by atoms with Crippen LogP contribution >= 0.6 is 22.9 Å². The largest absolute Gasteiger partial charge is 0.268 e. The van der Waals surface area contributed by atoms with E-state index in [2.05, 4.69) is 22.4 Å². The Hall–Kier alpha value is -0.870. The van der Waals surface area contributed by atoms with Gasteiger partial charge in [0.1, 0.15) is 0 Å². The second-order valence-corrected chi connectivity index (χ2v) is 6.01. The molecular weight excluding hydrogens is 254 g/mol. The molecule has 0 unspecified atom stereocenters. The molecule has 3 nitrogen and oxygen atoms in total. The zero-order valence-corrected chi connectivity index (χ0v) is 11.2. The first-order chi connectivity index (χ1) is 8.22. The Morgan fingerprint density at radius 1 is 1.59 bits per heavy atom. The molecule has 0 N–H and O–H groups in total. The summed E-state index contributed by atoms with van der Waals surface area (Å²) >= 11 is 7.63. The van der Waals surface area contributed by atoms with Crippen molar-refractivity contribution in [3.05, 3.63) is 33.5 Å². The molecule has 1 aliphatic carbocycles. The predicted octanol–water partition coefficient (Wildman–Crippen LogP) is 3.67. The summed E-state index contributed by atoms with van der Waals surface area (Å²) in [6, 6.07) is 0.306. The lowest BCUT2D eigenvalue weighted by Gasteiger charge is -2.09. The van der Waals surface area contributed by atoms with Gasteiger partial charge < -0.3 is 0 Å². The van der Waals surface area contributed by atoms with Gasteiger partial charge in [-0.05, 0) is 19.8 Å². The molecule has 0 aliphatic heterocycles. The Bertz CT molecular complexity index is 515. The van der Waals surface area contributed by atoms with Gasteiger partial charge in [0.2, 0.25) is 0 Å². The summed E-state index contributed by atoms with van der Waals surface area (Å²) in [6.45, 7) is 2.14. The summed E-state index contributed by atoms with van der Waals surface area (Å²) in [5.74, 6) is 0.745. The molecule has 0 saturated heterocycles. The number of halogens is 1. The minimum absolute atomic E-state index is 0.306. The Morgan fingerprint density at radius 2 is 2.41 bits per heavy atom. The third-order valence-corrected chi connectivity index (χ3v) is 4.14. The fourth-order valence-electron chi connectivity index (χ4n) is 1.89. The van der Waals surface area contributed by atoms with Crippen molar-refractivity contribution in [2.24, 2.45) is 0 Å². The van der Waals surface area contributed by atoms with E-state index in [0.29, 0.717) is 11.1 Å². The molecule has 1 aliphatic rings. The van der Waals surface area contributed by atoms with Gasteiger partial charge in [-0.1, -0.05) is 11.6 Å². The van der Waals surface area contributed by atoms with Crippen LogP contribution in [0, 0.1) is 0 Å². The highest BCUT2D eigenvalue weighted by molar-refractivity contribution is 7.09. The lowest BCUT2D eigenvalue weighted by atomic mass is 10.2. The first-order valence-electron chi connectivity index (χ1n) is 5.86. The topological polar surface area (TPSA) is 30.7 Å². The molecule has 0 spiro atoms. The maximum Gasteiger partial charge on any atom is 0.0949 e. The van der Waals surface area contributed by atoms with Crippen LogP contribution in [0.1, 0.15) is 42.4 Å². The van der Waals surface area contributed by atoms with Crippen LogP contribution in [0.15, 0.2) is 17.8 Å². The minimum Gasteiger partial charge on any atom is -0.268 e. The van der Waals surface area contributed by atoms with Gasteiger partial charge in [-0.2, -0.15) is 5.10 Å². The molecule has 1 atom stereocenters. The number of nitrogens with zero attached hydrogens (tertiary/aromatic N) is 3. The maximum atomic E-state index is 5.87. The Labute approximate surface area is 109 Å².